The van der Waals surface area contributed by atoms with Crippen molar-refractivity contribution in [2.45, 2.75) is 0 Å². The highest BCUT2D eigenvalue weighted by Gasteiger charge is 2.06. The lowest BCUT2D eigenvalue weighted by Crippen LogP contribution is -2.00. The number of nitrogens with one attached hydrogen (secondary N) is 2. The van der Waals surface area contributed by atoms with Gasteiger partial charge in [0.25, 0.3) is 0 Å². The number of halogens is 2. The zero-order valence-corrected chi connectivity index (χ0v) is 9.74. The molecule has 3 N–H and O–H groups in total. The predicted molar refractivity (Wildman–Crippen MR) is 59.8 cm³/mol. The third-order valence-electron chi connectivity index (χ3n) is 1.93. The monoisotopic (exact) mass is 272 g/mol. The Morgan fingerprint density at radius 1 is 1.11 bits per heavy atom. The molecule has 0 atom stereocenters. The van der Waals surface area contributed by atoms with Crippen LogP contribution in [0.3, 0.4) is 0 Å². The molecule has 0 radical (unpaired) electrons. The molecule has 2 heterocycles. The minimum atomic E-state index is -1.15. The van der Waals surface area contributed by atoms with Crippen LogP contribution in [0.25, 0.3) is 0 Å². The van der Waals surface area contributed by atoms with Gasteiger partial charge in [-0.1, -0.05) is 0 Å². The van der Waals surface area contributed by atoms with E-state index in [1.807, 2.05) is 0 Å². The van der Waals surface area contributed by atoms with E-state index in [1.165, 1.54) is 7.11 Å². The summed E-state index contributed by atoms with van der Waals surface area (Å²) in [6, 6.07) is 1.99. The van der Waals surface area contributed by atoms with Crippen molar-refractivity contribution in [1.82, 2.24) is 9.97 Å². The number of hydrogen-bond donors (Lipinski definition) is 3. The van der Waals surface area contributed by atoms with E-state index in [-0.39, 0.29) is 11.4 Å². The van der Waals surface area contributed by atoms with Crippen molar-refractivity contribution >= 4 is 11.9 Å². The Bertz CT molecular complexity index is 577. The van der Waals surface area contributed by atoms with Crippen molar-refractivity contribution in [1.29, 1.82) is 0 Å². The number of carbonyl (C=O) groups is 2. The molecule has 0 fully saturated rings. The van der Waals surface area contributed by atoms with E-state index in [0.717, 1.165) is 24.5 Å². The van der Waals surface area contributed by atoms with Crippen LogP contribution in [0, 0.1) is 11.6 Å². The Labute approximate surface area is 106 Å². The lowest BCUT2D eigenvalue weighted by Gasteiger charge is -1.91. The number of rotatable bonds is 2. The number of esters is 1. The van der Waals surface area contributed by atoms with E-state index in [4.69, 9.17) is 5.11 Å². The van der Waals surface area contributed by atoms with Crippen LogP contribution in [0.5, 0.6) is 0 Å². The molecule has 0 saturated heterocycles. The Balaban J connectivity index is 0.000000191. The van der Waals surface area contributed by atoms with Crippen molar-refractivity contribution in [3.05, 3.63) is 47.5 Å². The average Bonchev–Trinajstić information content (AvgIpc) is 2.98. The second-order valence-electron chi connectivity index (χ2n) is 3.26. The van der Waals surface area contributed by atoms with Gasteiger partial charge < -0.3 is 19.8 Å². The van der Waals surface area contributed by atoms with Crippen molar-refractivity contribution in [3.8, 4) is 0 Å². The van der Waals surface area contributed by atoms with Crippen LogP contribution in [0.4, 0.5) is 8.78 Å². The Morgan fingerprint density at radius 3 is 1.84 bits per heavy atom. The van der Waals surface area contributed by atoms with Gasteiger partial charge in [0.1, 0.15) is 23.0 Å². The van der Waals surface area contributed by atoms with Crippen molar-refractivity contribution in [2.24, 2.45) is 0 Å². The van der Waals surface area contributed by atoms with Crippen molar-refractivity contribution in [3.63, 3.8) is 0 Å². The topological polar surface area (TPSA) is 95.2 Å². The first-order valence-electron chi connectivity index (χ1n) is 4.93. The average molecular weight is 272 g/mol. The van der Waals surface area contributed by atoms with Gasteiger partial charge in [0, 0.05) is 24.5 Å². The zero-order valence-electron chi connectivity index (χ0n) is 9.74. The van der Waals surface area contributed by atoms with Crippen molar-refractivity contribution < 1.29 is 28.2 Å². The minimum Gasteiger partial charge on any atom is -0.477 e. The summed E-state index contributed by atoms with van der Waals surface area (Å²) in [6.45, 7) is 0. The summed E-state index contributed by atoms with van der Waals surface area (Å²) >= 11 is 0. The largest absolute Gasteiger partial charge is 0.477 e. The normalized spacial score (nSPS) is 9.42. The van der Waals surface area contributed by atoms with Gasteiger partial charge in [-0.3, -0.25) is 0 Å². The van der Waals surface area contributed by atoms with Gasteiger partial charge in [-0.15, -0.1) is 0 Å². The van der Waals surface area contributed by atoms with E-state index >= 15 is 0 Å². The number of aromatic amines is 2. The third-order valence-corrected chi connectivity index (χ3v) is 1.93. The fourth-order valence-electron chi connectivity index (χ4n) is 1.09. The first kappa shape index (κ1) is 14.4. The third kappa shape index (κ3) is 4.26. The molecule has 0 aliphatic heterocycles. The Kier molecular flexibility index (Phi) is 4.81. The molecule has 0 unspecified atom stereocenters. The number of methoxy groups -OCH3 is 1. The fourth-order valence-corrected chi connectivity index (χ4v) is 1.09. The molecule has 2 aromatic rings. The minimum absolute atomic E-state index is 0.125. The van der Waals surface area contributed by atoms with E-state index in [0.29, 0.717) is 0 Å². The summed E-state index contributed by atoms with van der Waals surface area (Å²) < 4.78 is 28.5. The summed E-state index contributed by atoms with van der Waals surface area (Å²) in [5.41, 5.74) is -0.00694. The van der Waals surface area contributed by atoms with Crippen LogP contribution in [0.15, 0.2) is 24.5 Å². The van der Waals surface area contributed by atoms with Crippen LogP contribution >= 0.6 is 0 Å². The smallest absolute Gasteiger partial charge is 0.354 e. The van der Waals surface area contributed by atoms with Gasteiger partial charge in [0.05, 0.1) is 7.11 Å². The molecular weight excluding hydrogens is 262 g/mol. The highest BCUT2D eigenvalue weighted by Crippen LogP contribution is 2.01. The SMILES string of the molecule is COC(=O)c1cc(F)c[nH]1.O=C(O)c1cc(F)c[nH]1. The first-order valence-corrected chi connectivity index (χ1v) is 4.93. The van der Waals surface area contributed by atoms with Gasteiger partial charge in [-0.05, 0) is 0 Å². The maximum Gasteiger partial charge on any atom is 0.354 e. The highest BCUT2D eigenvalue weighted by atomic mass is 19.1. The molecule has 0 amide bonds. The van der Waals surface area contributed by atoms with Crippen molar-refractivity contribution in [2.75, 3.05) is 7.11 Å². The second-order valence-corrected chi connectivity index (χ2v) is 3.26. The first-order chi connectivity index (χ1) is 8.93. The Hall–Kier alpha value is -2.64. The molecule has 0 aliphatic carbocycles. The van der Waals surface area contributed by atoms with E-state index in [9.17, 15) is 18.4 Å². The summed E-state index contributed by atoms with van der Waals surface area (Å²) in [5.74, 6) is -2.75. The van der Waals surface area contributed by atoms with Gasteiger partial charge in [0.15, 0.2) is 0 Å². The highest BCUT2D eigenvalue weighted by molar-refractivity contribution is 5.87. The van der Waals surface area contributed by atoms with E-state index < -0.39 is 23.6 Å². The summed E-state index contributed by atoms with van der Waals surface area (Å²) in [4.78, 5) is 25.3. The molecule has 0 saturated carbocycles. The number of carbonyl (C=O) groups excluding carboxylic acids is 1. The van der Waals surface area contributed by atoms with Crippen LogP contribution in [-0.4, -0.2) is 34.1 Å². The number of ether oxygens (including phenoxy) is 1. The second kappa shape index (κ2) is 6.34. The van der Waals surface area contributed by atoms with Gasteiger partial charge >= 0.3 is 11.9 Å². The summed E-state index contributed by atoms with van der Waals surface area (Å²) in [6.07, 6.45) is 2.08. The van der Waals surface area contributed by atoms with E-state index in [2.05, 4.69) is 14.7 Å². The molecule has 19 heavy (non-hydrogen) atoms. The number of H-pyrrole nitrogens is 2. The van der Waals surface area contributed by atoms with Gasteiger partial charge in [-0.2, -0.15) is 0 Å². The van der Waals surface area contributed by atoms with Crippen LogP contribution in [-0.2, 0) is 4.74 Å². The van der Waals surface area contributed by atoms with E-state index in [1.54, 1.807) is 0 Å². The standard InChI is InChI=1S/C6H6FNO2.C5H4FNO2/c1-10-6(9)5-2-4(7)3-8-5;6-3-1-4(5(8)9)7-2-3/h2-3,8H,1H3;1-2,7H,(H,8,9). The zero-order chi connectivity index (χ0) is 14.4. The maximum absolute atomic E-state index is 12.2. The predicted octanol–water partition coefficient (Wildman–Crippen LogP) is 1.79. The quantitative estimate of drug-likeness (QED) is 0.726. The molecule has 0 bridgehead atoms. The molecule has 0 aromatic carbocycles. The number of carboxylic acids is 1. The number of carboxylic acid groups (broad SMARTS) is 1. The molecule has 2 rings (SSSR count). The Morgan fingerprint density at radius 2 is 1.58 bits per heavy atom. The molecule has 102 valence electrons. The van der Waals surface area contributed by atoms with Crippen LogP contribution < -0.4 is 0 Å². The maximum atomic E-state index is 12.2. The molecule has 0 spiro atoms. The molecule has 8 heteroatoms. The molecule has 2 aromatic heterocycles. The molecular formula is C11H10F2N2O4. The molecule has 0 aliphatic rings. The molecule has 6 nitrogen and oxygen atoms in total. The fraction of sp³-hybridized carbons (Fsp3) is 0.0909. The number of aromatic carboxylic acids is 1. The lowest BCUT2D eigenvalue weighted by molar-refractivity contribution is 0.0593. The number of hydrogen-bond acceptors (Lipinski definition) is 3. The summed E-state index contributed by atoms with van der Waals surface area (Å²) in [5, 5.41) is 8.20. The summed E-state index contributed by atoms with van der Waals surface area (Å²) in [7, 11) is 1.24. The van der Waals surface area contributed by atoms with Gasteiger partial charge in [0.2, 0.25) is 0 Å². The van der Waals surface area contributed by atoms with Crippen LogP contribution in [0.1, 0.15) is 21.0 Å². The lowest BCUT2D eigenvalue weighted by atomic mass is 10.4. The van der Waals surface area contributed by atoms with Crippen LogP contribution in [0.2, 0.25) is 0 Å². The van der Waals surface area contributed by atoms with Gasteiger partial charge in [-0.25, -0.2) is 18.4 Å². The number of aromatic nitrogens is 2.